The summed E-state index contributed by atoms with van der Waals surface area (Å²) in [6.45, 7) is 5.51. The summed E-state index contributed by atoms with van der Waals surface area (Å²) in [6.07, 6.45) is 4.87. The first kappa shape index (κ1) is 20.7. The maximum atomic E-state index is 14.6. The molecule has 8 nitrogen and oxygen atoms in total. The predicted octanol–water partition coefficient (Wildman–Crippen LogP) is 3.98. The number of aryl methyl sites for hydroxylation is 1. The minimum absolute atomic E-state index is 0.0806. The number of ether oxygens (including phenoxy) is 1. The molecule has 30 heavy (non-hydrogen) atoms. The minimum atomic E-state index is -0.712. The van der Waals surface area contributed by atoms with Crippen LogP contribution in [0.15, 0.2) is 36.8 Å². The Morgan fingerprint density at radius 3 is 2.77 bits per heavy atom. The van der Waals surface area contributed by atoms with Crippen LogP contribution in [-0.2, 0) is 6.54 Å². The van der Waals surface area contributed by atoms with Crippen LogP contribution in [0, 0.1) is 40.8 Å². The van der Waals surface area contributed by atoms with Crippen molar-refractivity contribution >= 4 is 11.6 Å². The van der Waals surface area contributed by atoms with Gasteiger partial charge < -0.3 is 10.1 Å². The zero-order chi connectivity index (χ0) is 21.7. The molecule has 0 saturated carbocycles. The lowest BCUT2D eigenvalue weighted by Gasteiger charge is -2.17. The molecule has 9 heteroatoms. The van der Waals surface area contributed by atoms with Gasteiger partial charge >= 0.3 is 0 Å². The predicted molar refractivity (Wildman–Crippen MR) is 108 cm³/mol. The third-order valence-corrected chi connectivity index (χ3v) is 4.19. The van der Waals surface area contributed by atoms with E-state index in [1.54, 1.807) is 38.5 Å². The molecule has 0 aliphatic heterocycles. The molecule has 0 unspecified atom stereocenters. The Hall–Kier alpha value is -3.98. The highest BCUT2D eigenvalue weighted by Gasteiger charge is 2.19. The number of halogens is 1. The van der Waals surface area contributed by atoms with Crippen molar-refractivity contribution in [1.82, 2.24) is 19.7 Å². The second kappa shape index (κ2) is 8.58. The monoisotopic (exact) mass is 405 g/mol. The van der Waals surface area contributed by atoms with E-state index in [-0.39, 0.29) is 18.9 Å². The van der Waals surface area contributed by atoms with Crippen LogP contribution in [0.2, 0.25) is 0 Å². The Morgan fingerprint density at radius 1 is 1.27 bits per heavy atom. The zero-order valence-electron chi connectivity index (χ0n) is 16.8. The molecule has 0 fully saturated rings. The molecule has 152 valence electrons. The number of rotatable bonds is 7. The maximum Gasteiger partial charge on any atom is 0.227 e. The van der Waals surface area contributed by atoms with Gasteiger partial charge in [-0.25, -0.2) is 14.4 Å². The maximum absolute atomic E-state index is 14.6. The van der Waals surface area contributed by atoms with Gasteiger partial charge in [0.1, 0.15) is 13.2 Å². The Bertz CT molecular complexity index is 1140. The zero-order valence-corrected chi connectivity index (χ0v) is 16.8. The molecule has 3 aromatic rings. The molecule has 0 radical (unpaired) electrons. The first-order chi connectivity index (χ1) is 14.3. The van der Waals surface area contributed by atoms with Crippen LogP contribution >= 0.6 is 0 Å². The van der Waals surface area contributed by atoms with E-state index in [0.717, 1.165) is 5.56 Å². The highest BCUT2D eigenvalue weighted by atomic mass is 19.1. The fourth-order valence-electron chi connectivity index (χ4n) is 2.57. The van der Waals surface area contributed by atoms with E-state index in [4.69, 9.17) is 15.3 Å². The second-order valence-corrected chi connectivity index (χ2v) is 7.36. The topological polar surface area (TPSA) is 112 Å². The molecular weight excluding hydrogens is 385 g/mol. The van der Waals surface area contributed by atoms with Crippen LogP contribution in [-0.4, -0.2) is 26.4 Å². The van der Waals surface area contributed by atoms with Gasteiger partial charge in [-0.15, -0.1) is 0 Å². The number of hydrogen-bond donors (Lipinski definition) is 1. The molecule has 2 aromatic heterocycles. The summed E-state index contributed by atoms with van der Waals surface area (Å²) in [5.74, 6) is -0.132. The summed E-state index contributed by atoms with van der Waals surface area (Å²) >= 11 is 0. The largest absolute Gasteiger partial charge is 0.489 e. The van der Waals surface area contributed by atoms with Gasteiger partial charge in [-0.2, -0.15) is 15.6 Å². The molecule has 0 bridgehead atoms. The smallest absolute Gasteiger partial charge is 0.227 e. The molecule has 0 aliphatic carbocycles. The summed E-state index contributed by atoms with van der Waals surface area (Å²) in [7, 11) is 0. The van der Waals surface area contributed by atoms with Gasteiger partial charge in [0.15, 0.2) is 11.6 Å². The number of anilines is 2. The lowest BCUT2D eigenvalue weighted by atomic mass is 9.98. The van der Waals surface area contributed by atoms with Crippen LogP contribution in [0.3, 0.4) is 0 Å². The van der Waals surface area contributed by atoms with E-state index in [2.05, 4.69) is 26.5 Å². The van der Waals surface area contributed by atoms with Crippen molar-refractivity contribution in [3.63, 3.8) is 0 Å². The quantitative estimate of drug-likeness (QED) is 0.632. The Morgan fingerprint density at radius 2 is 2.07 bits per heavy atom. The van der Waals surface area contributed by atoms with Crippen molar-refractivity contribution in [1.29, 1.82) is 10.5 Å². The van der Waals surface area contributed by atoms with Gasteiger partial charge in [-0.3, -0.25) is 4.68 Å². The van der Waals surface area contributed by atoms with Gasteiger partial charge in [0.05, 0.1) is 35.1 Å². The summed E-state index contributed by atoms with van der Waals surface area (Å²) < 4.78 is 21.5. The highest BCUT2D eigenvalue weighted by molar-refractivity contribution is 5.65. The number of aromatic nitrogens is 4. The molecule has 2 heterocycles. The third kappa shape index (κ3) is 4.89. The Labute approximate surface area is 173 Å². The fourth-order valence-corrected chi connectivity index (χ4v) is 2.57. The molecule has 0 atom stereocenters. The molecule has 0 spiro atoms. The first-order valence-corrected chi connectivity index (χ1v) is 9.15. The average molecular weight is 405 g/mol. The molecule has 0 saturated heterocycles. The van der Waals surface area contributed by atoms with Gasteiger partial charge in [-0.05, 0) is 44.5 Å². The van der Waals surface area contributed by atoms with Crippen molar-refractivity contribution in [3.8, 4) is 29.1 Å². The normalized spacial score (nSPS) is 10.9. The van der Waals surface area contributed by atoms with Crippen LogP contribution < -0.4 is 10.1 Å². The number of hydrogen-bond acceptors (Lipinski definition) is 7. The van der Waals surface area contributed by atoms with E-state index < -0.39 is 11.2 Å². The van der Waals surface area contributed by atoms with E-state index in [9.17, 15) is 4.39 Å². The SMILES string of the molecule is Cc1cnc(Nc2cnn(CC#N)c2)nc1-c1ccc(OCC(C)(C)C#N)c(F)c1. The van der Waals surface area contributed by atoms with E-state index >= 15 is 0 Å². The van der Waals surface area contributed by atoms with Crippen molar-refractivity contribution in [2.45, 2.75) is 27.3 Å². The summed E-state index contributed by atoms with van der Waals surface area (Å²) in [5.41, 5.74) is 1.84. The Kier molecular flexibility index (Phi) is 5.93. The van der Waals surface area contributed by atoms with Crippen molar-refractivity contribution in [2.75, 3.05) is 11.9 Å². The lowest BCUT2D eigenvalue weighted by molar-refractivity contribution is 0.219. The first-order valence-electron chi connectivity index (χ1n) is 9.15. The minimum Gasteiger partial charge on any atom is -0.489 e. The summed E-state index contributed by atoms with van der Waals surface area (Å²) in [4.78, 5) is 8.74. The Balaban J connectivity index is 1.81. The van der Waals surface area contributed by atoms with E-state index in [1.807, 2.05) is 13.0 Å². The molecular formula is C21H20FN7O. The molecule has 3 rings (SSSR count). The van der Waals surface area contributed by atoms with Crippen LogP contribution in [0.25, 0.3) is 11.3 Å². The molecule has 1 N–H and O–H groups in total. The summed E-state index contributed by atoms with van der Waals surface area (Å²) in [6, 6.07) is 8.71. The van der Waals surface area contributed by atoms with Gasteiger partial charge in [0.2, 0.25) is 5.95 Å². The van der Waals surface area contributed by atoms with Crippen LogP contribution in [0.4, 0.5) is 16.0 Å². The van der Waals surface area contributed by atoms with Crippen molar-refractivity contribution < 1.29 is 9.13 Å². The van der Waals surface area contributed by atoms with E-state index in [0.29, 0.717) is 22.9 Å². The molecule has 0 amide bonds. The van der Waals surface area contributed by atoms with Crippen molar-refractivity contribution in [3.05, 3.63) is 48.2 Å². The standard InChI is InChI=1S/C21H20FN7O/c1-14-9-25-20(27-16-10-26-29(11-16)7-6-23)28-19(14)15-4-5-18(17(22)8-15)30-13-21(2,3)12-24/h4-5,8-11H,7,13H2,1-3H3,(H,25,27,28). The average Bonchev–Trinajstić information content (AvgIpc) is 3.15. The van der Waals surface area contributed by atoms with Gasteiger partial charge in [0.25, 0.3) is 0 Å². The fraction of sp³-hybridized carbons (Fsp3) is 0.286. The van der Waals surface area contributed by atoms with Gasteiger partial charge in [0, 0.05) is 18.0 Å². The summed E-state index contributed by atoms with van der Waals surface area (Å²) in [5, 5.41) is 24.9. The lowest BCUT2D eigenvalue weighted by Crippen LogP contribution is -2.19. The van der Waals surface area contributed by atoms with Crippen LogP contribution in [0.1, 0.15) is 19.4 Å². The van der Waals surface area contributed by atoms with Gasteiger partial charge in [-0.1, -0.05) is 0 Å². The van der Waals surface area contributed by atoms with Crippen molar-refractivity contribution in [2.24, 2.45) is 5.41 Å². The highest BCUT2D eigenvalue weighted by Crippen LogP contribution is 2.28. The number of nitrogens with zero attached hydrogens (tertiary/aromatic N) is 6. The van der Waals surface area contributed by atoms with E-state index in [1.165, 1.54) is 16.8 Å². The van der Waals surface area contributed by atoms with Crippen LogP contribution in [0.5, 0.6) is 5.75 Å². The number of nitrogens with one attached hydrogen (secondary N) is 1. The third-order valence-electron chi connectivity index (χ3n) is 4.19. The second-order valence-electron chi connectivity index (χ2n) is 7.36. The number of nitriles is 2. The molecule has 1 aromatic carbocycles. The molecule has 0 aliphatic rings. The number of benzene rings is 1.